The molecule has 0 radical (unpaired) electrons. The van der Waals surface area contributed by atoms with Crippen molar-refractivity contribution in [1.29, 1.82) is 0 Å². The summed E-state index contributed by atoms with van der Waals surface area (Å²) in [7, 11) is 0. The third-order valence-electron chi connectivity index (χ3n) is 4.85. The quantitative estimate of drug-likeness (QED) is 0.465. The van der Waals surface area contributed by atoms with E-state index in [1.165, 1.54) is 31.2 Å². The summed E-state index contributed by atoms with van der Waals surface area (Å²) in [5.74, 6) is 0.848. The van der Waals surface area contributed by atoms with Crippen LogP contribution in [0.15, 0.2) is 22.7 Å². The lowest BCUT2D eigenvalue weighted by Crippen LogP contribution is -2.42. The van der Waals surface area contributed by atoms with Crippen LogP contribution in [0.5, 0.6) is 5.75 Å². The van der Waals surface area contributed by atoms with Crippen LogP contribution in [-0.2, 0) is 5.41 Å². The van der Waals surface area contributed by atoms with Crippen LogP contribution in [0.2, 0.25) is 0 Å². The summed E-state index contributed by atoms with van der Waals surface area (Å²) in [5, 5.41) is 6.04. The number of carbonyl (C=O) groups is 1. The first-order chi connectivity index (χ1) is 12.4. The minimum Gasteiger partial charge on any atom is -0.492 e. The first-order valence-electron chi connectivity index (χ1n) is 9.83. The Kier molecular flexibility index (Phi) is 8.26. The Morgan fingerprint density at radius 2 is 1.88 bits per heavy atom. The van der Waals surface area contributed by atoms with Gasteiger partial charge in [-0.25, -0.2) is 4.79 Å². The summed E-state index contributed by atoms with van der Waals surface area (Å²) >= 11 is 3.59. The van der Waals surface area contributed by atoms with Crippen LogP contribution < -0.4 is 15.4 Å². The van der Waals surface area contributed by atoms with Crippen molar-refractivity contribution >= 4 is 22.0 Å². The first kappa shape index (κ1) is 21.1. The lowest BCUT2D eigenvalue weighted by atomic mass is 9.87. The second-order valence-electron chi connectivity index (χ2n) is 8.19. The Morgan fingerprint density at radius 3 is 2.50 bits per heavy atom. The number of urea groups is 1. The summed E-state index contributed by atoms with van der Waals surface area (Å²) in [6.07, 6.45) is 8.03. The standard InChI is InChI=1S/C21H33BrN2O2/c1-21(2,3)16-11-12-19(18(22)15-16)26-14-8-13-23-20(25)24-17-9-6-4-5-7-10-17/h11-12,15,17H,4-10,13-14H2,1-3H3,(H2,23,24,25). The molecule has 1 aliphatic rings. The van der Waals surface area contributed by atoms with Crippen LogP contribution in [0, 0.1) is 0 Å². The van der Waals surface area contributed by atoms with Crippen LogP contribution in [0.4, 0.5) is 4.79 Å². The highest BCUT2D eigenvalue weighted by atomic mass is 79.9. The van der Waals surface area contributed by atoms with E-state index in [1.807, 2.05) is 6.07 Å². The van der Waals surface area contributed by atoms with E-state index in [1.54, 1.807) is 0 Å². The highest BCUT2D eigenvalue weighted by molar-refractivity contribution is 9.10. The van der Waals surface area contributed by atoms with Crippen molar-refractivity contribution in [2.75, 3.05) is 13.2 Å². The average molecular weight is 425 g/mol. The number of hydrogen-bond acceptors (Lipinski definition) is 2. The number of benzene rings is 1. The maximum atomic E-state index is 12.0. The Labute approximate surface area is 166 Å². The van der Waals surface area contributed by atoms with Gasteiger partial charge in [0.25, 0.3) is 0 Å². The summed E-state index contributed by atoms with van der Waals surface area (Å²) in [4.78, 5) is 12.0. The fourth-order valence-corrected chi connectivity index (χ4v) is 3.69. The van der Waals surface area contributed by atoms with Crippen LogP contribution in [0.25, 0.3) is 0 Å². The molecule has 2 N–H and O–H groups in total. The van der Waals surface area contributed by atoms with Gasteiger partial charge in [-0.05, 0) is 58.3 Å². The predicted molar refractivity (Wildman–Crippen MR) is 111 cm³/mol. The van der Waals surface area contributed by atoms with Gasteiger partial charge < -0.3 is 15.4 Å². The van der Waals surface area contributed by atoms with Crippen LogP contribution in [-0.4, -0.2) is 25.2 Å². The third-order valence-corrected chi connectivity index (χ3v) is 5.47. The Morgan fingerprint density at radius 1 is 1.19 bits per heavy atom. The van der Waals surface area contributed by atoms with Crippen molar-refractivity contribution in [2.24, 2.45) is 0 Å². The molecule has 1 aromatic rings. The van der Waals surface area contributed by atoms with Crippen molar-refractivity contribution in [3.05, 3.63) is 28.2 Å². The van der Waals surface area contributed by atoms with E-state index >= 15 is 0 Å². The SMILES string of the molecule is CC(C)(C)c1ccc(OCCCNC(=O)NC2CCCCCC2)c(Br)c1. The average Bonchev–Trinajstić information content (AvgIpc) is 2.83. The molecule has 146 valence electrons. The molecule has 0 aromatic heterocycles. The van der Waals surface area contributed by atoms with E-state index in [4.69, 9.17) is 4.74 Å². The van der Waals surface area contributed by atoms with E-state index in [0.29, 0.717) is 19.2 Å². The monoisotopic (exact) mass is 424 g/mol. The second-order valence-corrected chi connectivity index (χ2v) is 9.04. The van der Waals surface area contributed by atoms with Crippen LogP contribution >= 0.6 is 15.9 Å². The largest absolute Gasteiger partial charge is 0.492 e. The Balaban J connectivity index is 1.65. The van der Waals surface area contributed by atoms with Gasteiger partial charge in [0.1, 0.15) is 5.75 Å². The lowest BCUT2D eigenvalue weighted by molar-refractivity contribution is 0.234. The Hall–Kier alpha value is -1.23. The molecule has 26 heavy (non-hydrogen) atoms. The third kappa shape index (κ3) is 7.18. The molecule has 1 fully saturated rings. The van der Waals surface area contributed by atoms with Gasteiger partial charge >= 0.3 is 6.03 Å². The molecule has 0 aliphatic heterocycles. The van der Waals surface area contributed by atoms with E-state index in [0.717, 1.165) is 29.5 Å². The van der Waals surface area contributed by atoms with Crippen molar-refractivity contribution in [2.45, 2.75) is 77.2 Å². The minimum absolute atomic E-state index is 0.0485. The van der Waals surface area contributed by atoms with Gasteiger partial charge in [0, 0.05) is 12.6 Å². The highest BCUT2D eigenvalue weighted by Gasteiger charge is 2.16. The Bertz CT molecular complexity index is 576. The van der Waals surface area contributed by atoms with Gasteiger partial charge in [-0.2, -0.15) is 0 Å². The van der Waals surface area contributed by atoms with Gasteiger partial charge in [0.15, 0.2) is 0 Å². The van der Waals surface area contributed by atoms with Crippen LogP contribution in [0.1, 0.15) is 71.3 Å². The van der Waals surface area contributed by atoms with Crippen molar-refractivity contribution < 1.29 is 9.53 Å². The molecule has 0 bridgehead atoms. The molecule has 0 atom stereocenters. The molecule has 0 spiro atoms. The summed E-state index contributed by atoms with van der Waals surface area (Å²) in [6, 6.07) is 6.53. The normalized spacial score (nSPS) is 16.0. The molecule has 1 aliphatic carbocycles. The molecule has 1 aromatic carbocycles. The predicted octanol–water partition coefficient (Wildman–Crippen LogP) is 5.54. The highest BCUT2D eigenvalue weighted by Crippen LogP contribution is 2.31. The summed E-state index contributed by atoms with van der Waals surface area (Å²) in [6.45, 7) is 7.79. The van der Waals surface area contributed by atoms with Crippen molar-refractivity contribution in [1.82, 2.24) is 10.6 Å². The zero-order valence-electron chi connectivity index (χ0n) is 16.4. The summed E-state index contributed by atoms with van der Waals surface area (Å²) < 4.78 is 6.81. The topological polar surface area (TPSA) is 50.4 Å². The second kappa shape index (κ2) is 10.2. The molecule has 2 rings (SSSR count). The molecule has 5 heteroatoms. The van der Waals surface area contributed by atoms with Gasteiger partial charge in [0.2, 0.25) is 0 Å². The molecule has 0 unspecified atom stereocenters. The fraction of sp³-hybridized carbons (Fsp3) is 0.667. The van der Waals surface area contributed by atoms with Crippen molar-refractivity contribution in [3.63, 3.8) is 0 Å². The molecule has 0 heterocycles. The van der Waals surface area contributed by atoms with Gasteiger partial charge in [0.05, 0.1) is 11.1 Å². The maximum Gasteiger partial charge on any atom is 0.315 e. The molecular weight excluding hydrogens is 392 g/mol. The number of amides is 2. The van der Waals surface area contributed by atoms with E-state index < -0.39 is 0 Å². The zero-order chi connectivity index (χ0) is 19.0. The van der Waals surface area contributed by atoms with Gasteiger partial charge in [-0.15, -0.1) is 0 Å². The lowest BCUT2D eigenvalue weighted by Gasteiger charge is -2.20. The minimum atomic E-state index is -0.0485. The van der Waals surface area contributed by atoms with Crippen LogP contribution in [0.3, 0.4) is 0 Å². The molecule has 1 saturated carbocycles. The molecule has 2 amide bonds. The number of halogens is 1. The fourth-order valence-electron chi connectivity index (χ4n) is 3.20. The number of rotatable bonds is 6. The summed E-state index contributed by atoms with van der Waals surface area (Å²) in [5.41, 5.74) is 1.39. The van der Waals surface area contributed by atoms with E-state index in [-0.39, 0.29) is 11.4 Å². The van der Waals surface area contributed by atoms with Crippen molar-refractivity contribution in [3.8, 4) is 5.75 Å². The number of hydrogen-bond donors (Lipinski definition) is 2. The maximum absolute atomic E-state index is 12.0. The van der Waals surface area contributed by atoms with Gasteiger partial charge in [-0.1, -0.05) is 52.5 Å². The molecule has 4 nitrogen and oxygen atoms in total. The number of ether oxygens (including phenoxy) is 1. The first-order valence-corrected chi connectivity index (χ1v) is 10.6. The molecular formula is C21H33BrN2O2. The van der Waals surface area contributed by atoms with E-state index in [2.05, 4.69) is 59.5 Å². The number of nitrogens with one attached hydrogen (secondary N) is 2. The van der Waals surface area contributed by atoms with Gasteiger partial charge in [-0.3, -0.25) is 0 Å². The number of carbonyl (C=O) groups excluding carboxylic acids is 1. The molecule has 0 saturated heterocycles. The zero-order valence-corrected chi connectivity index (χ0v) is 18.0. The van der Waals surface area contributed by atoms with E-state index in [9.17, 15) is 4.79 Å². The smallest absolute Gasteiger partial charge is 0.315 e.